The summed E-state index contributed by atoms with van der Waals surface area (Å²) in [5.41, 5.74) is 3.27. The second kappa shape index (κ2) is 7.64. The van der Waals surface area contributed by atoms with E-state index >= 15 is 0 Å². The molecule has 3 rings (SSSR count). The van der Waals surface area contributed by atoms with Crippen molar-refractivity contribution in [2.75, 3.05) is 26.2 Å². The average Bonchev–Trinajstić information content (AvgIpc) is 2.86. The van der Waals surface area contributed by atoms with Crippen molar-refractivity contribution in [2.45, 2.75) is 27.2 Å². The van der Waals surface area contributed by atoms with Crippen LogP contribution in [0.4, 0.5) is 0 Å². The molecule has 6 nitrogen and oxygen atoms in total. The van der Waals surface area contributed by atoms with Gasteiger partial charge in [0.05, 0.1) is 0 Å². The molecule has 0 atom stereocenters. The van der Waals surface area contributed by atoms with E-state index in [1.807, 2.05) is 49.1 Å². The molecule has 2 amide bonds. The van der Waals surface area contributed by atoms with Crippen LogP contribution < -0.4 is 0 Å². The highest BCUT2D eigenvalue weighted by atomic mass is 16.2. The Labute approximate surface area is 153 Å². The molecule has 0 spiro atoms. The molecule has 0 bridgehead atoms. The van der Waals surface area contributed by atoms with Gasteiger partial charge in [0.15, 0.2) is 5.82 Å². The van der Waals surface area contributed by atoms with E-state index in [0.29, 0.717) is 37.6 Å². The van der Waals surface area contributed by atoms with Gasteiger partial charge in [-0.05, 0) is 38.5 Å². The van der Waals surface area contributed by atoms with Crippen LogP contribution in [0.25, 0.3) is 11.4 Å². The van der Waals surface area contributed by atoms with Gasteiger partial charge in [0.1, 0.15) is 0 Å². The number of carbonyl (C=O) groups is 2. The molecule has 1 aliphatic heterocycles. The van der Waals surface area contributed by atoms with Crippen LogP contribution >= 0.6 is 0 Å². The molecule has 26 heavy (non-hydrogen) atoms. The summed E-state index contributed by atoms with van der Waals surface area (Å²) in [7, 11) is 0. The Kier molecular flexibility index (Phi) is 5.30. The molecule has 0 unspecified atom stereocenters. The van der Waals surface area contributed by atoms with Gasteiger partial charge < -0.3 is 9.80 Å². The first-order chi connectivity index (χ1) is 12.4. The number of aryl methyl sites for hydroxylation is 2. The molecular weight excluding hydrogens is 328 g/mol. The van der Waals surface area contributed by atoms with Crippen LogP contribution in [-0.4, -0.2) is 57.8 Å². The molecule has 0 N–H and O–H groups in total. The van der Waals surface area contributed by atoms with Gasteiger partial charge in [-0.15, -0.1) is 0 Å². The van der Waals surface area contributed by atoms with E-state index < -0.39 is 0 Å². The van der Waals surface area contributed by atoms with Crippen molar-refractivity contribution in [2.24, 2.45) is 0 Å². The lowest BCUT2D eigenvalue weighted by atomic mass is 10.1. The maximum absolute atomic E-state index is 12.9. The minimum absolute atomic E-state index is 0.0124. The predicted octanol–water partition coefficient (Wildman–Crippen LogP) is 2.45. The van der Waals surface area contributed by atoms with Crippen LogP contribution in [0.2, 0.25) is 0 Å². The second-order valence-corrected chi connectivity index (χ2v) is 6.71. The first-order valence-electron chi connectivity index (χ1n) is 8.91. The average molecular weight is 352 g/mol. The number of nitrogens with zero attached hydrogens (tertiary/aromatic N) is 4. The summed E-state index contributed by atoms with van der Waals surface area (Å²) in [5.74, 6) is 0.686. The van der Waals surface area contributed by atoms with Crippen molar-refractivity contribution < 1.29 is 9.59 Å². The van der Waals surface area contributed by atoms with Crippen LogP contribution in [0, 0.1) is 13.8 Å². The highest BCUT2D eigenvalue weighted by Crippen LogP contribution is 2.19. The van der Waals surface area contributed by atoms with Crippen molar-refractivity contribution in [3.8, 4) is 11.4 Å². The van der Waals surface area contributed by atoms with Crippen molar-refractivity contribution in [1.29, 1.82) is 0 Å². The molecular formula is C20H24N4O2. The molecule has 1 saturated heterocycles. The number of benzene rings is 1. The molecule has 1 fully saturated rings. The minimum atomic E-state index is -0.0124. The Morgan fingerprint density at radius 1 is 0.923 bits per heavy atom. The van der Waals surface area contributed by atoms with Gasteiger partial charge in [-0.3, -0.25) is 9.59 Å². The molecule has 0 aliphatic carbocycles. The van der Waals surface area contributed by atoms with Gasteiger partial charge in [0.25, 0.3) is 5.91 Å². The van der Waals surface area contributed by atoms with E-state index in [4.69, 9.17) is 0 Å². The van der Waals surface area contributed by atoms with Crippen LogP contribution in [0.5, 0.6) is 0 Å². The minimum Gasteiger partial charge on any atom is -0.341 e. The zero-order valence-electron chi connectivity index (χ0n) is 15.5. The molecule has 136 valence electrons. The topological polar surface area (TPSA) is 66.4 Å². The van der Waals surface area contributed by atoms with E-state index in [-0.39, 0.29) is 11.8 Å². The normalized spacial score (nSPS) is 14.9. The Morgan fingerprint density at radius 3 is 2.27 bits per heavy atom. The second-order valence-electron chi connectivity index (χ2n) is 6.71. The smallest absolute Gasteiger partial charge is 0.253 e. The molecule has 0 saturated carbocycles. The number of rotatable bonds is 2. The maximum atomic E-state index is 12.9. The summed E-state index contributed by atoms with van der Waals surface area (Å²) in [6.07, 6.45) is 0.797. The number of aromatic nitrogens is 2. The molecule has 6 heteroatoms. The van der Waals surface area contributed by atoms with Gasteiger partial charge in [-0.1, -0.05) is 12.1 Å². The third-order valence-electron chi connectivity index (χ3n) is 4.58. The lowest BCUT2D eigenvalue weighted by Gasteiger charge is -2.21. The Morgan fingerprint density at radius 2 is 1.58 bits per heavy atom. The molecule has 1 aliphatic rings. The van der Waals surface area contributed by atoms with Gasteiger partial charge in [-0.2, -0.15) is 0 Å². The fourth-order valence-corrected chi connectivity index (χ4v) is 3.26. The Balaban J connectivity index is 1.81. The van der Waals surface area contributed by atoms with Crippen molar-refractivity contribution >= 4 is 11.8 Å². The first kappa shape index (κ1) is 18.0. The zero-order chi connectivity index (χ0) is 18.7. The number of hydrogen-bond donors (Lipinski definition) is 0. The fourth-order valence-electron chi connectivity index (χ4n) is 3.26. The number of hydrogen-bond acceptors (Lipinski definition) is 4. The largest absolute Gasteiger partial charge is 0.341 e. The summed E-state index contributed by atoms with van der Waals surface area (Å²) >= 11 is 0. The zero-order valence-corrected chi connectivity index (χ0v) is 15.5. The van der Waals surface area contributed by atoms with Gasteiger partial charge >= 0.3 is 0 Å². The summed E-state index contributed by atoms with van der Waals surface area (Å²) in [6.45, 7) is 7.95. The van der Waals surface area contributed by atoms with Gasteiger partial charge in [0, 0.05) is 55.6 Å². The monoisotopic (exact) mass is 352 g/mol. The molecule has 2 aromatic rings. The SMILES string of the molecule is CC(=O)N1CCCN(C(=O)c2cccc(-c3nc(C)cc(C)n3)c2)CC1. The van der Waals surface area contributed by atoms with E-state index in [9.17, 15) is 9.59 Å². The standard InChI is InChI=1S/C20H24N4O2/c1-14-12-15(2)22-19(21-14)17-6-4-7-18(13-17)20(26)24-9-5-8-23(10-11-24)16(3)25/h4,6-7,12-13H,5,8-11H2,1-3H3. The van der Waals surface area contributed by atoms with Gasteiger partial charge in [-0.25, -0.2) is 9.97 Å². The van der Waals surface area contributed by atoms with E-state index in [2.05, 4.69) is 9.97 Å². The highest BCUT2D eigenvalue weighted by Gasteiger charge is 2.21. The lowest BCUT2D eigenvalue weighted by molar-refractivity contribution is -0.128. The summed E-state index contributed by atoms with van der Waals surface area (Å²) in [6, 6.07) is 9.39. The highest BCUT2D eigenvalue weighted by molar-refractivity contribution is 5.95. The van der Waals surface area contributed by atoms with Crippen molar-refractivity contribution in [3.05, 3.63) is 47.3 Å². The van der Waals surface area contributed by atoms with Crippen molar-refractivity contribution in [1.82, 2.24) is 19.8 Å². The maximum Gasteiger partial charge on any atom is 0.253 e. The van der Waals surface area contributed by atoms with E-state index in [0.717, 1.165) is 23.4 Å². The van der Waals surface area contributed by atoms with E-state index in [1.54, 1.807) is 11.8 Å². The number of amides is 2. The number of carbonyl (C=O) groups excluding carboxylic acids is 2. The lowest BCUT2D eigenvalue weighted by Crippen LogP contribution is -2.36. The molecule has 1 aromatic heterocycles. The van der Waals surface area contributed by atoms with E-state index in [1.165, 1.54) is 0 Å². The Hall–Kier alpha value is -2.76. The van der Waals surface area contributed by atoms with Crippen molar-refractivity contribution in [3.63, 3.8) is 0 Å². The predicted molar refractivity (Wildman–Crippen MR) is 99.7 cm³/mol. The Bertz CT molecular complexity index is 814. The van der Waals surface area contributed by atoms with Crippen LogP contribution in [-0.2, 0) is 4.79 Å². The molecule has 1 aromatic carbocycles. The van der Waals surface area contributed by atoms with Crippen LogP contribution in [0.1, 0.15) is 35.1 Å². The van der Waals surface area contributed by atoms with Crippen LogP contribution in [0.15, 0.2) is 30.3 Å². The van der Waals surface area contributed by atoms with Gasteiger partial charge in [0.2, 0.25) is 5.91 Å². The summed E-state index contributed by atoms with van der Waals surface area (Å²) in [5, 5.41) is 0. The fraction of sp³-hybridized carbons (Fsp3) is 0.400. The quantitative estimate of drug-likeness (QED) is 0.833. The third kappa shape index (κ3) is 4.07. The first-order valence-corrected chi connectivity index (χ1v) is 8.91. The summed E-state index contributed by atoms with van der Waals surface area (Å²) in [4.78, 5) is 37.1. The summed E-state index contributed by atoms with van der Waals surface area (Å²) < 4.78 is 0. The molecule has 2 heterocycles. The molecule has 0 radical (unpaired) electrons. The third-order valence-corrected chi connectivity index (χ3v) is 4.58. The van der Waals surface area contributed by atoms with Crippen LogP contribution in [0.3, 0.4) is 0 Å².